The molecule has 0 radical (unpaired) electrons. The first-order valence-electron chi connectivity index (χ1n) is 7.48. The Morgan fingerprint density at radius 3 is 2.11 bits per heavy atom. The van der Waals surface area contributed by atoms with E-state index in [4.69, 9.17) is 5.73 Å². The molecule has 1 aromatic carbocycles. The number of piperazine rings is 1. The number of rotatable bonds is 6. The molecule has 1 aliphatic rings. The average Bonchev–Trinajstić information content (AvgIpc) is 2.43. The minimum atomic E-state index is 0.785. The summed E-state index contributed by atoms with van der Waals surface area (Å²) in [6.07, 6.45) is 2.46. The molecule has 0 amide bonds. The Morgan fingerprint density at radius 2 is 1.53 bits per heavy atom. The van der Waals surface area contributed by atoms with Crippen LogP contribution in [0.25, 0.3) is 0 Å². The Bertz CT molecular complexity index is 353. The van der Waals surface area contributed by atoms with Crippen LogP contribution in [0.1, 0.15) is 17.5 Å². The second-order valence-electron chi connectivity index (χ2n) is 5.56. The molecule has 1 saturated heterocycles. The normalized spacial score (nSPS) is 17.8. The van der Waals surface area contributed by atoms with Gasteiger partial charge in [-0.1, -0.05) is 29.8 Å². The van der Waals surface area contributed by atoms with Crippen LogP contribution in [-0.2, 0) is 6.42 Å². The van der Waals surface area contributed by atoms with Gasteiger partial charge in [0.05, 0.1) is 0 Å². The summed E-state index contributed by atoms with van der Waals surface area (Å²) < 4.78 is 0. The van der Waals surface area contributed by atoms with Gasteiger partial charge in [0.2, 0.25) is 0 Å². The fourth-order valence-corrected chi connectivity index (χ4v) is 2.68. The fraction of sp³-hybridized carbons (Fsp3) is 0.625. The van der Waals surface area contributed by atoms with Crippen molar-refractivity contribution in [3.05, 3.63) is 35.4 Å². The van der Waals surface area contributed by atoms with Gasteiger partial charge >= 0.3 is 0 Å². The predicted octanol–water partition coefficient (Wildman–Crippen LogP) is 1.50. The zero-order valence-corrected chi connectivity index (χ0v) is 12.1. The van der Waals surface area contributed by atoms with Crippen LogP contribution in [0.2, 0.25) is 0 Å². The van der Waals surface area contributed by atoms with E-state index in [9.17, 15) is 0 Å². The zero-order valence-electron chi connectivity index (χ0n) is 12.1. The van der Waals surface area contributed by atoms with Crippen molar-refractivity contribution < 1.29 is 0 Å². The van der Waals surface area contributed by atoms with E-state index in [0.29, 0.717) is 0 Å². The van der Waals surface area contributed by atoms with E-state index >= 15 is 0 Å². The third-order valence-electron chi connectivity index (χ3n) is 3.97. The van der Waals surface area contributed by atoms with Gasteiger partial charge in [-0.3, -0.25) is 4.90 Å². The van der Waals surface area contributed by atoms with Crippen LogP contribution >= 0.6 is 0 Å². The van der Waals surface area contributed by atoms with Gasteiger partial charge in [0.15, 0.2) is 0 Å². The average molecular weight is 261 g/mol. The number of aryl methyl sites for hydroxylation is 2. The van der Waals surface area contributed by atoms with Crippen LogP contribution in [0.15, 0.2) is 24.3 Å². The standard InChI is InChI=1S/C16H27N3/c1-15-4-6-16(7-5-15)3-2-9-18-11-13-19(10-8-17)14-12-18/h4-7H,2-3,8-14,17H2,1H3. The van der Waals surface area contributed by atoms with E-state index in [-0.39, 0.29) is 0 Å². The molecule has 1 fully saturated rings. The largest absolute Gasteiger partial charge is 0.329 e. The van der Waals surface area contributed by atoms with Crippen LogP contribution in [0.5, 0.6) is 0 Å². The number of hydrogen-bond donors (Lipinski definition) is 1. The van der Waals surface area contributed by atoms with Gasteiger partial charge in [-0.15, -0.1) is 0 Å². The van der Waals surface area contributed by atoms with E-state index in [1.165, 1.54) is 56.7 Å². The molecule has 19 heavy (non-hydrogen) atoms. The number of hydrogen-bond acceptors (Lipinski definition) is 3. The molecule has 106 valence electrons. The fourth-order valence-electron chi connectivity index (χ4n) is 2.68. The van der Waals surface area contributed by atoms with Crippen molar-refractivity contribution in [3.63, 3.8) is 0 Å². The minimum absolute atomic E-state index is 0.785. The molecule has 2 N–H and O–H groups in total. The summed E-state index contributed by atoms with van der Waals surface area (Å²) >= 11 is 0. The monoisotopic (exact) mass is 261 g/mol. The predicted molar refractivity (Wildman–Crippen MR) is 81.4 cm³/mol. The minimum Gasteiger partial charge on any atom is -0.329 e. The molecular weight excluding hydrogens is 234 g/mol. The molecule has 1 heterocycles. The van der Waals surface area contributed by atoms with Crippen molar-refractivity contribution in [2.45, 2.75) is 19.8 Å². The summed E-state index contributed by atoms with van der Waals surface area (Å²) in [5, 5.41) is 0. The highest BCUT2D eigenvalue weighted by Crippen LogP contribution is 2.08. The van der Waals surface area contributed by atoms with Crippen LogP contribution < -0.4 is 5.73 Å². The summed E-state index contributed by atoms with van der Waals surface area (Å²) in [4.78, 5) is 5.05. The Morgan fingerprint density at radius 1 is 0.947 bits per heavy atom. The van der Waals surface area contributed by atoms with Crippen LogP contribution in [0.4, 0.5) is 0 Å². The van der Waals surface area contributed by atoms with Gasteiger partial charge in [0.1, 0.15) is 0 Å². The van der Waals surface area contributed by atoms with E-state index in [1.54, 1.807) is 0 Å². The lowest BCUT2D eigenvalue weighted by Crippen LogP contribution is -2.47. The molecule has 1 aliphatic heterocycles. The lowest BCUT2D eigenvalue weighted by Gasteiger charge is -2.34. The quantitative estimate of drug-likeness (QED) is 0.842. The Hall–Kier alpha value is -0.900. The summed E-state index contributed by atoms with van der Waals surface area (Å²) in [6, 6.07) is 8.94. The maximum Gasteiger partial charge on any atom is 0.0110 e. The summed E-state index contributed by atoms with van der Waals surface area (Å²) in [5.74, 6) is 0. The van der Waals surface area contributed by atoms with E-state index in [0.717, 1.165) is 13.1 Å². The molecule has 0 saturated carbocycles. The lowest BCUT2D eigenvalue weighted by molar-refractivity contribution is 0.134. The number of benzene rings is 1. The molecule has 0 unspecified atom stereocenters. The smallest absolute Gasteiger partial charge is 0.0110 e. The van der Waals surface area contributed by atoms with E-state index in [1.807, 2.05) is 0 Å². The molecule has 3 nitrogen and oxygen atoms in total. The van der Waals surface area contributed by atoms with Crippen LogP contribution in [-0.4, -0.2) is 55.6 Å². The van der Waals surface area contributed by atoms with Gasteiger partial charge in [0, 0.05) is 39.3 Å². The summed E-state index contributed by atoms with van der Waals surface area (Å²) in [5.41, 5.74) is 8.41. The third kappa shape index (κ3) is 4.94. The van der Waals surface area contributed by atoms with Gasteiger partial charge in [-0.25, -0.2) is 0 Å². The Labute approximate surface area is 117 Å². The number of nitrogens with two attached hydrogens (primary N) is 1. The Balaban J connectivity index is 1.63. The third-order valence-corrected chi connectivity index (χ3v) is 3.97. The van der Waals surface area contributed by atoms with Crippen molar-refractivity contribution in [1.29, 1.82) is 0 Å². The molecule has 2 rings (SSSR count). The highest BCUT2D eigenvalue weighted by molar-refractivity contribution is 5.21. The van der Waals surface area contributed by atoms with Crippen LogP contribution in [0.3, 0.4) is 0 Å². The molecule has 0 spiro atoms. The number of nitrogens with zero attached hydrogens (tertiary/aromatic N) is 2. The highest BCUT2D eigenvalue weighted by atomic mass is 15.3. The maximum absolute atomic E-state index is 5.59. The first-order chi connectivity index (χ1) is 9.28. The van der Waals surface area contributed by atoms with Gasteiger partial charge in [-0.2, -0.15) is 0 Å². The van der Waals surface area contributed by atoms with E-state index in [2.05, 4.69) is 41.0 Å². The first-order valence-corrected chi connectivity index (χ1v) is 7.48. The summed E-state index contributed by atoms with van der Waals surface area (Å²) in [7, 11) is 0. The molecule has 0 aliphatic carbocycles. The second-order valence-corrected chi connectivity index (χ2v) is 5.56. The van der Waals surface area contributed by atoms with Crippen molar-refractivity contribution in [2.24, 2.45) is 5.73 Å². The Kier molecular flexibility index (Phi) is 5.83. The molecule has 0 aromatic heterocycles. The topological polar surface area (TPSA) is 32.5 Å². The molecule has 0 bridgehead atoms. The van der Waals surface area contributed by atoms with Crippen molar-refractivity contribution in [2.75, 3.05) is 45.8 Å². The lowest BCUT2D eigenvalue weighted by atomic mass is 10.1. The molecule has 1 aromatic rings. The van der Waals surface area contributed by atoms with Crippen molar-refractivity contribution in [3.8, 4) is 0 Å². The van der Waals surface area contributed by atoms with Gasteiger partial charge in [0.25, 0.3) is 0 Å². The molecular formula is C16H27N3. The second kappa shape index (κ2) is 7.63. The van der Waals surface area contributed by atoms with Crippen molar-refractivity contribution in [1.82, 2.24) is 9.80 Å². The van der Waals surface area contributed by atoms with E-state index < -0.39 is 0 Å². The van der Waals surface area contributed by atoms with Gasteiger partial charge in [-0.05, 0) is 31.9 Å². The van der Waals surface area contributed by atoms with Gasteiger partial charge < -0.3 is 10.6 Å². The highest BCUT2D eigenvalue weighted by Gasteiger charge is 2.15. The zero-order chi connectivity index (χ0) is 13.5. The van der Waals surface area contributed by atoms with Crippen molar-refractivity contribution >= 4 is 0 Å². The summed E-state index contributed by atoms with van der Waals surface area (Å²) in [6.45, 7) is 9.98. The van der Waals surface area contributed by atoms with Crippen LogP contribution in [0, 0.1) is 6.92 Å². The molecule has 3 heteroatoms. The molecule has 0 atom stereocenters. The SMILES string of the molecule is Cc1ccc(CCCN2CCN(CCN)CC2)cc1. The maximum atomic E-state index is 5.59. The first kappa shape index (κ1) is 14.5.